The quantitative estimate of drug-likeness (QED) is 0.897. The Morgan fingerprint density at radius 1 is 1.25 bits per heavy atom. The molecule has 0 radical (unpaired) electrons. The number of alkyl halides is 3. The second-order valence-electron chi connectivity index (χ2n) is 4.10. The topological polar surface area (TPSA) is 74.7 Å². The van der Waals surface area contributed by atoms with Gasteiger partial charge in [-0.25, -0.2) is 8.42 Å². The fourth-order valence-electron chi connectivity index (χ4n) is 1.44. The zero-order chi connectivity index (χ0) is 15.6. The number of benzene rings is 1. The van der Waals surface area contributed by atoms with Crippen LogP contribution < -0.4 is 0 Å². The van der Waals surface area contributed by atoms with Crippen LogP contribution in [0, 0.1) is 6.92 Å². The molecule has 0 fully saturated rings. The van der Waals surface area contributed by atoms with Gasteiger partial charge in [-0.15, -0.1) is 0 Å². The smallest absolute Gasteiger partial charge is 0.402 e. The fourth-order valence-corrected chi connectivity index (χ4v) is 2.81. The Morgan fingerprint density at radius 3 is 2.15 bits per heavy atom. The highest BCUT2D eigenvalue weighted by molar-refractivity contribution is 7.89. The van der Waals surface area contributed by atoms with E-state index < -0.39 is 35.3 Å². The summed E-state index contributed by atoms with van der Waals surface area (Å²) in [5.74, 6) is -1.66. The number of sulfonamides is 1. The molecule has 5 nitrogen and oxygen atoms in total. The van der Waals surface area contributed by atoms with E-state index in [1.54, 1.807) is 6.92 Å². The van der Waals surface area contributed by atoms with Crippen molar-refractivity contribution in [3.8, 4) is 0 Å². The van der Waals surface area contributed by atoms with Crippen LogP contribution in [0.4, 0.5) is 13.2 Å². The van der Waals surface area contributed by atoms with Crippen molar-refractivity contribution >= 4 is 16.0 Å². The maximum Gasteiger partial charge on any atom is 0.402 e. The molecule has 0 bridgehead atoms. The molecular formula is C11H12F3NO4S. The van der Waals surface area contributed by atoms with Crippen LogP contribution in [0.25, 0.3) is 0 Å². The van der Waals surface area contributed by atoms with Gasteiger partial charge in [-0.2, -0.15) is 17.5 Å². The summed E-state index contributed by atoms with van der Waals surface area (Å²) in [6.45, 7) is -1.42. The number of aliphatic carboxylic acids is 1. The number of carboxylic acid groups (broad SMARTS) is 1. The van der Waals surface area contributed by atoms with Gasteiger partial charge in [0.1, 0.15) is 13.1 Å². The highest BCUT2D eigenvalue weighted by Gasteiger charge is 2.38. The molecule has 112 valence electrons. The lowest BCUT2D eigenvalue weighted by atomic mass is 10.2. The van der Waals surface area contributed by atoms with E-state index in [-0.39, 0.29) is 9.20 Å². The number of hydrogen-bond donors (Lipinski definition) is 1. The number of carbonyl (C=O) groups is 1. The molecule has 20 heavy (non-hydrogen) atoms. The molecule has 1 aromatic carbocycles. The van der Waals surface area contributed by atoms with Crippen LogP contribution >= 0.6 is 0 Å². The minimum atomic E-state index is -4.83. The molecule has 0 atom stereocenters. The van der Waals surface area contributed by atoms with E-state index in [1.165, 1.54) is 12.1 Å². The van der Waals surface area contributed by atoms with E-state index in [2.05, 4.69) is 0 Å². The molecule has 0 heterocycles. The summed E-state index contributed by atoms with van der Waals surface area (Å²) in [6, 6.07) is 5.10. The number of hydrogen-bond acceptors (Lipinski definition) is 3. The second kappa shape index (κ2) is 5.80. The van der Waals surface area contributed by atoms with Gasteiger partial charge in [0.25, 0.3) is 0 Å². The molecule has 1 rings (SSSR count). The molecule has 0 saturated carbocycles. The third-order valence-corrected chi connectivity index (χ3v) is 4.13. The average Bonchev–Trinajstić information content (AvgIpc) is 2.26. The third-order valence-electron chi connectivity index (χ3n) is 2.33. The Labute approximate surface area is 113 Å². The van der Waals surface area contributed by atoms with Crippen molar-refractivity contribution in [2.24, 2.45) is 0 Å². The largest absolute Gasteiger partial charge is 0.480 e. The van der Waals surface area contributed by atoms with Crippen LogP contribution in [-0.4, -0.2) is 43.1 Å². The monoisotopic (exact) mass is 311 g/mol. The van der Waals surface area contributed by atoms with E-state index in [0.717, 1.165) is 17.7 Å². The van der Waals surface area contributed by atoms with Gasteiger partial charge in [0, 0.05) is 0 Å². The Kier molecular flexibility index (Phi) is 4.77. The summed E-state index contributed by atoms with van der Waals surface area (Å²) in [6.07, 6.45) is -4.83. The van der Waals surface area contributed by atoms with E-state index in [1.807, 2.05) is 0 Å². The van der Waals surface area contributed by atoms with Gasteiger partial charge in [-0.3, -0.25) is 4.79 Å². The molecule has 0 amide bonds. The standard InChI is InChI=1S/C11H12F3NO4S/c1-8-2-4-9(5-3-8)20(18,19)15(6-10(16)17)7-11(12,13)14/h2-5H,6-7H2,1H3,(H,16,17). The van der Waals surface area contributed by atoms with E-state index in [4.69, 9.17) is 5.11 Å². The Morgan fingerprint density at radius 2 is 1.75 bits per heavy atom. The van der Waals surface area contributed by atoms with Gasteiger partial charge >= 0.3 is 12.1 Å². The second-order valence-corrected chi connectivity index (χ2v) is 6.03. The number of aryl methyl sites for hydroxylation is 1. The van der Waals surface area contributed by atoms with Crippen molar-refractivity contribution < 1.29 is 31.5 Å². The minimum Gasteiger partial charge on any atom is -0.480 e. The summed E-state index contributed by atoms with van der Waals surface area (Å²) in [4.78, 5) is 10.2. The maximum atomic E-state index is 12.4. The summed E-state index contributed by atoms with van der Waals surface area (Å²) in [5, 5.41) is 8.56. The van der Waals surface area contributed by atoms with Crippen LogP contribution in [0.15, 0.2) is 29.2 Å². The predicted molar refractivity (Wildman–Crippen MR) is 63.6 cm³/mol. The highest BCUT2D eigenvalue weighted by Crippen LogP contribution is 2.22. The molecule has 0 saturated heterocycles. The van der Waals surface area contributed by atoms with E-state index in [9.17, 15) is 26.4 Å². The molecule has 1 aromatic rings. The zero-order valence-corrected chi connectivity index (χ0v) is 11.2. The number of rotatable bonds is 5. The molecule has 0 aliphatic carbocycles. The Hall–Kier alpha value is -1.61. The van der Waals surface area contributed by atoms with Crippen molar-refractivity contribution in [2.75, 3.05) is 13.1 Å². The van der Waals surface area contributed by atoms with E-state index in [0.29, 0.717) is 0 Å². The molecule has 0 aliphatic rings. The van der Waals surface area contributed by atoms with Crippen LogP contribution in [0.1, 0.15) is 5.56 Å². The summed E-state index contributed by atoms with van der Waals surface area (Å²) >= 11 is 0. The molecule has 0 aromatic heterocycles. The van der Waals surface area contributed by atoms with Gasteiger partial charge in [0.05, 0.1) is 4.90 Å². The van der Waals surface area contributed by atoms with Gasteiger partial charge in [0.2, 0.25) is 10.0 Å². The Balaban J connectivity index is 3.16. The molecular weight excluding hydrogens is 299 g/mol. The van der Waals surface area contributed by atoms with Crippen LogP contribution in [0.3, 0.4) is 0 Å². The number of carboxylic acids is 1. The number of nitrogens with zero attached hydrogens (tertiary/aromatic N) is 1. The third kappa shape index (κ3) is 4.49. The van der Waals surface area contributed by atoms with E-state index >= 15 is 0 Å². The molecule has 0 unspecified atom stereocenters. The highest BCUT2D eigenvalue weighted by atomic mass is 32.2. The number of halogens is 3. The van der Waals surface area contributed by atoms with Crippen LogP contribution in [0.2, 0.25) is 0 Å². The lowest BCUT2D eigenvalue weighted by Crippen LogP contribution is -2.41. The Bertz CT molecular complexity index is 581. The maximum absolute atomic E-state index is 12.4. The first-order valence-corrected chi connectivity index (χ1v) is 6.82. The normalized spacial score (nSPS) is 12.7. The van der Waals surface area contributed by atoms with Crippen LogP contribution in [-0.2, 0) is 14.8 Å². The van der Waals surface area contributed by atoms with Gasteiger partial charge in [-0.05, 0) is 19.1 Å². The van der Waals surface area contributed by atoms with Gasteiger partial charge in [-0.1, -0.05) is 17.7 Å². The van der Waals surface area contributed by atoms with Gasteiger partial charge < -0.3 is 5.11 Å². The molecule has 0 spiro atoms. The molecule has 9 heteroatoms. The van der Waals surface area contributed by atoms with Crippen LogP contribution in [0.5, 0.6) is 0 Å². The SMILES string of the molecule is Cc1ccc(S(=O)(=O)N(CC(=O)O)CC(F)(F)F)cc1. The molecule has 0 aliphatic heterocycles. The fraction of sp³-hybridized carbons (Fsp3) is 0.364. The zero-order valence-electron chi connectivity index (χ0n) is 10.4. The predicted octanol–water partition coefficient (Wildman–Crippen LogP) is 1.63. The average molecular weight is 311 g/mol. The van der Waals surface area contributed by atoms with Crippen molar-refractivity contribution in [3.63, 3.8) is 0 Å². The first kappa shape index (κ1) is 16.4. The van der Waals surface area contributed by atoms with Gasteiger partial charge in [0.15, 0.2) is 0 Å². The van der Waals surface area contributed by atoms with Crippen molar-refractivity contribution in [2.45, 2.75) is 18.0 Å². The first-order chi connectivity index (χ1) is 9.02. The summed E-state index contributed by atoms with van der Waals surface area (Å²) in [5.41, 5.74) is 0.726. The summed E-state index contributed by atoms with van der Waals surface area (Å²) in [7, 11) is -4.51. The summed E-state index contributed by atoms with van der Waals surface area (Å²) < 4.78 is 61.0. The molecule has 1 N–H and O–H groups in total. The lowest BCUT2D eigenvalue weighted by Gasteiger charge is -2.21. The minimum absolute atomic E-state index is 0.111. The first-order valence-electron chi connectivity index (χ1n) is 5.38. The lowest BCUT2D eigenvalue weighted by molar-refractivity contribution is -0.146. The van der Waals surface area contributed by atoms with Crippen molar-refractivity contribution in [3.05, 3.63) is 29.8 Å². The van der Waals surface area contributed by atoms with Crippen molar-refractivity contribution in [1.82, 2.24) is 4.31 Å². The van der Waals surface area contributed by atoms with Crippen molar-refractivity contribution in [1.29, 1.82) is 0 Å².